The predicted octanol–water partition coefficient (Wildman–Crippen LogP) is 2.81. The zero-order chi connectivity index (χ0) is 6.41. The van der Waals surface area contributed by atoms with Crippen molar-refractivity contribution in [1.82, 2.24) is 0 Å². The zero-order valence-electron chi connectivity index (χ0n) is 4.86. The summed E-state index contributed by atoms with van der Waals surface area (Å²) in [5.41, 5.74) is 0. The van der Waals surface area contributed by atoms with Gasteiger partial charge in [-0.3, -0.25) is 0 Å². The second-order valence-corrected chi connectivity index (χ2v) is 2.70. The standard InChI is InChI=1S/C6H9BrS/c1-3-4-6(5-7)8-2/h3-4H,1,5H2,2H3/b6-4-. The van der Waals surface area contributed by atoms with Crippen molar-refractivity contribution >= 4 is 27.7 Å². The van der Waals surface area contributed by atoms with Gasteiger partial charge in [0.25, 0.3) is 0 Å². The van der Waals surface area contributed by atoms with Gasteiger partial charge in [0.2, 0.25) is 0 Å². The van der Waals surface area contributed by atoms with Crippen molar-refractivity contribution < 1.29 is 0 Å². The fourth-order valence-corrected chi connectivity index (χ4v) is 1.51. The number of halogens is 1. The second kappa shape index (κ2) is 5.45. The molecule has 0 N–H and O–H groups in total. The summed E-state index contributed by atoms with van der Waals surface area (Å²) in [6.45, 7) is 3.59. The number of allylic oxidation sites excluding steroid dienone is 3. The molecule has 0 heterocycles. The third kappa shape index (κ3) is 3.33. The van der Waals surface area contributed by atoms with Gasteiger partial charge in [0.05, 0.1) is 0 Å². The average Bonchev–Trinajstić information content (AvgIpc) is 1.83. The van der Waals surface area contributed by atoms with Gasteiger partial charge in [-0.2, -0.15) is 0 Å². The Morgan fingerprint density at radius 1 is 1.88 bits per heavy atom. The molecule has 0 aliphatic heterocycles. The molecule has 46 valence electrons. The summed E-state index contributed by atoms with van der Waals surface area (Å²) in [6, 6.07) is 0. The average molecular weight is 193 g/mol. The number of hydrogen-bond acceptors (Lipinski definition) is 1. The summed E-state index contributed by atoms with van der Waals surface area (Å²) in [5.74, 6) is 0. The fraction of sp³-hybridized carbons (Fsp3) is 0.333. The van der Waals surface area contributed by atoms with Crippen LogP contribution >= 0.6 is 27.7 Å². The summed E-state index contributed by atoms with van der Waals surface area (Å²) in [7, 11) is 0. The topological polar surface area (TPSA) is 0 Å². The van der Waals surface area contributed by atoms with Crippen molar-refractivity contribution in [3.63, 3.8) is 0 Å². The molecule has 0 aromatic rings. The Bertz CT molecular complexity index is 90.7. The first-order valence-electron chi connectivity index (χ1n) is 2.26. The van der Waals surface area contributed by atoms with E-state index in [9.17, 15) is 0 Å². The minimum absolute atomic E-state index is 0.931. The van der Waals surface area contributed by atoms with Crippen LogP contribution in [-0.4, -0.2) is 11.6 Å². The van der Waals surface area contributed by atoms with E-state index < -0.39 is 0 Å². The van der Waals surface area contributed by atoms with Gasteiger partial charge >= 0.3 is 0 Å². The highest BCUT2D eigenvalue weighted by molar-refractivity contribution is 9.09. The lowest BCUT2D eigenvalue weighted by molar-refractivity contribution is 1.73. The SMILES string of the molecule is C=C/C=C(/CBr)SC. The van der Waals surface area contributed by atoms with Crippen LogP contribution in [0.4, 0.5) is 0 Å². The van der Waals surface area contributed by atoms with Gasteiger partial charge in [-0.15, -0.1) is 11.8 Å². The molecule has 0 amide bonds. The van der Waals surface area contributed by atoms with E-state index in [1.807, 2.05) is 6.08 Å². The van der Waals surface area contributed by atoms with E-state index in [0.29, 0.717) is 0 Å². The zero-order valence-corrected chi connectivity index (χ0v) is 7.26. The van der Waals surface area contributed by atoms with Gasteiger partial charge in [0.1, 0.15) is 0 Å². The molecule has 0 spiro atoms. The molecule has 2 heteroatoms. The molecular formula is C6H9BrS. The fourth-order valence-electron chi connectivity index (χ4n) is 0.299. The summed E-state index contributed by atoms with van der Waals surface area (Å²) >= 11 is 5.08. The Morgan fingerprint density at radius 2 is 2.50 bits per heavy atom. The summed E-state index contributed by atoms with van der Waals surface area (Å²) in [4.78, 5) is 1.31. The van der Waals surface area contributed by atoms with Crippen LogP contribution in [0.5, 0.6) is 0 Å². The highest BCUT2D eigenvalue weighted by atomic mass is 79.9. The Kier molecular flexibility index (Phi) is 5.66. The first kappa shape index (κ1) is 8.31. The lowest BCUT2D eigenvalue weighted by Crippen LogP contribution is -1.72. The Morgan fingerprint density at radius 3 is 2.62 bits per heavy atom. The van der Waals surface area contributed by atoms with Crippen LogP contribution in [0.2, 0.25) is 0 Å². The normalized spacial score (nSPS) is 11.5. The number of rotatable bonds is 3. The van der Waals surface area contributed by atoms with E-state index in [1.54, 1.807) is 17.8 Å². The monoisotopic (exact) mass is 192 g/mol. The van der Waals surface area contributed by atoms with Crippen molar-refractivity contribution in [1.29, 1.82) is 0 Å². The molecule has 0 atom stereocenters. The minimum atomic E-state index is 0.931. The summed E-state index contributed by atoms with van der Waals surface area (Å²) < 4.78 is 0. The molecule has 8 heavy (non-hydrogen) atoms. The molecule has 0 fully saturated rings. The molecule has 0 saturated carbocycles. The van der Waals surface area contributed by atoms with E-state index in [2.05, 4.69) is 28.8 Å². The third-order valence-corrected chi connectivity index (χ3v) is 2.48. The van der Waals surface area contributed by atoms with Gasteiger partial charge < -0.3 is 0 Å². The van der Waals surface area contributed by atoms with Crippen molar-refractivity contribution in [2.75, 3.05) is 11.6 Å². The molecule has 0 aromatic heterocycles. The molecule has 0 aromatic carbocycles. The maximum Gasteiger partial charge on any atom is 0.0342 e. The van der Waals surface area contributed by atoms with Crippen LogP contribution in [-0.2, 0) is 0 Å². The molecule has 0 aliphatic rings. The quantitative estimate of drug-likeness (QED) is 0.490. The summed E-state index contributed by atoms with van der Waals surface area (Å²) in [5, 5.41) is 0.931. The van der Waals surface area contributed by atoms with Crippen molar-refractivity contribution in [3.05, 3.63) is 23.6 Å². The molecular weight excluding hydrogens is 184 g/mol. The number of hydrogen-bond donors (Lipinski definition) is 0. The van der Waals surface area contributed by atoms with E-state index in [4.69, 9.17) is 0 Å². The highest BCUT2D eigenvalue weighted by Crippen LogP contribution is 2.13. The molecule has 0 unspecified atom stereocenters. The van der Waals surface area contributed by atoms with E-state index in [-0.39, 0.29) is 0 Å². The van der Waals surface area contributed by atoms with Crippen LogP contribution in [0, 0.1) is 0 Å². The van der Waals surface area contributed by atoms with Crippen molar-refractivity contribution in [2.45, 2.75) is 0 Å². The molecule has 0 aliphatic carbocycles. The van der Waals surface area contributed by atoms with Gasteiger partial charge in [0, 0.05) is 5.33 Å². The minimum Gasteiger partial charge on any atom is -0.133 e. The number of alkyl halides is 1. The smallest absolute Gasteiger partial charge is 0.0342 e. The van der Waals surface area contributed by atoms with Gasteiger partial charge in [-0.1, -0.05) is 34.7 Å². The van der Waals surface area contributed by atoms with Crippen LogP contribution in [0.15, 0.2) is 23.6 Å². The van der Waals surface area contributed by atoms with Gasteiger partial charge in [-0.05, 0) is 11.2 Å². The molecule has 0 rings (SSSR count). The van der Waals surface area contributed by atoms with E-state index >= 15 is 0 Å². The Hall–Kier alpha value is 0.310. The van der Waals surface area contributed by atoms with Crippen LogP contribution in [0.3, 0.4) is 0 Å². The van der Waals surface area contributed by atoms with E-state index in [1.165, 1.54) is 4.91 Å². The molecule has 0 nitrogen and oxygen atoms in total. The maximum atomic E-state index is 3.59. The largest absolute Gasteiger partial charge is 0.133 e. The van der Waals surface area contributed by atoms with Crippen molar-refractivity contribution in [2.24, 2.45) is 0 Å². The lowest BCUT2D eigenvalue weighted by Gasteiger charge is -1.92. The Balaban J connectivity index is 3.66. The maximum absolute atomic E-state index is 3.59. The van der Waals surface area contributed by atoms with Crippen LogP contribution in [0.25, 0.3) is 0 Å². The highest BCUT2D eigenvalue weighted by Gasteiger charge is 1.85. The van der Waals surface area contributed by atoms with Gasteiger partial charge in [0.15, 0.2) is 0 Å². The van der Waals surface area contributed by atoms with Crippen molar-refractivity contribution in [3.8, 4) is 0 Å². The summed E-state index contributed by atoms with van der Waals surface area (Å²) in [6.07, 6.45) is 5.85. The number of thioether (sulfide) groups is 1. The third-order valence-electron chi connectivity index (χ3n) is 0.698. The first-order valence-corrected chi connectivity index (χ1v) is 4.61. The molecule has 0 saturated heterocycles. The lowest BCUT2D eigenvalue weighted by atomic mass is 10.5. The second-order valence-electron chi connectivity index (χ2n) is 1.21. The van der Waals surface area contributed by atoms with Gasteiger partial charge in [-0.25, -0.2) is 0 Å². The van der Waals surface area contributed by atoms with E-state index in [0.717, 1.165) is 5.33 Å². The van der Waals surface area contributed by atoms with Crippen LogP contribution < -0.4 is 0 Å². The first-order chi connectivity index (χ1) is 3.85. The Labute approximate surface area is 63.2 Å². The van der Waals surface area contributed by atoms with Crippen LogP contribution in [0.1, 0.15) is 0 Å². The molecule has 0 radical (unpaired) electrons. The predicted molar refractivity (Wildman–Crippen MR) is 45.6 cm³/mol. The molecule has 0 bridgehead atoms.